The Hall–Kier alpha value is -2.49. The zero-order valence-corrected chi connectivity index (χ0v) is 29.2. The number of hydrogen-bond acceptors (Lipinski definition) is 11. The topological polar surface area (TPSA) is 192 Å². The molecule has 12 nitrogen and oxygen atoms in total. The number of carbonyl (C=O) groups is 1. The van der Waals surface area contributed by atoms with Crippen LogP contribution in [0.4, 0.5) is 16.2 Å². The van der Waals surface area contributed by atoms with Crippen molar-refractivity contribution in [3.8, 4) is 11.5 Å². The van der Waals surface area contributed by atoms with Crippen molar-refractivity contribution >= 4 is 60.3 Å². The van der Waals surface area contributed by atoms with Gasteiger partial charge in [0.15, 0.2) is 31.2 Å². The van der Waals surface area contributed by atoms with Crippen molar-refractivity contribution in [2.75, 3.05) is 37.5 Å². The Kier molecular flexibility index (Phi) is 10.6. The molecule has 0 radical (unpaired) electrons. The maximum Gasteiger partial charge on any atom is 0.412 e. The summed E-state index contributed by atoms with van der Waals surface area (Å²) in [7, 11) is -7.83. The summed E-state index contributed by atoms with van der Waals surface area (Å²) in [6.45, 7) is 12.8. The van der Waals surface area contributed by atoms with Crippen LogP contribution < -0.4 is 11.1 Å². The molecule has 5 N–H and O–H groups in total. The fourth-order valence-corrected chi connectivity index (χ4v) is 8.88. The number of phenolic OH excluding ortho intramolecular Hbond substituents is 2. The zero-order chi connectivity index (χ0) is 34.3. The van der Waals surface area contributed by atoms with Gasteiger partial charge in [0.2, 0.25) is 0 Å². The number of amides is 1. The van der Waals surface area contributed by atoms with Gasteiger partial charge >= 0.3 is 6.09 Å². The Labute approximate surface area is 274 Å². The van der Waals surface area contributed by atoms with Gasteiger partial charge in [0.25, 0.3) is 0 Å². The number of carbonyl (C=O) groups excluding carboxylic acids is 1. The highest BCUT2D eigenvalue weighted by atomic mass is 35.5. The van der Waals surface area contributed by atoms with Gasteiger partial charge in [-0.25, -0.2) is 21.6 Å². The molecule has 16 heteroatoms. The summed E-state index contributed by atoms with van der Waals surface area (Å²) in [4.78, 5) is 11.2. The van der Waals surface area contributed by atoms with Gasteiger partial charge in [-0.15, -0.1) is 0 Å². The van der Waals surface area contributed by atoms with Gasteiger partial charge < -0.3 is 30.2 Å². The van der Waals surface area contributed by atoms with Gasteiger partial charge in [-0.3, -0.25) is 5.32 Å². The highest BCUT2D eigenvalue weighted by Crippen LogP contribution is 2.45. The van der Waals surface area contributed by atoms with Crippen LogP contribution in [-0.2, 0) is 33.9 Å². The summed E-state index contributed by atoms with van der Waals surface area (Å²) in [5.74, 6) is -1.45. The molecule has 0 bridgehead atoms. The van der Waals surface area contributed by atoms with Crippen molar-refractivity contribution in [1.29, 1.82) is 0 Å². The first-order valence-electron chi connectivity index (χ1n) is 13.9. The van der Waals surface area contributed by atoms with Crippen molar-refractivity contribution in [3.63, 3.8) is 0 Å². The van der Waals surface area contributed by atoms with Crippen LogP contribution >= 0.6 is 23.2 Å². The fourth-order valence-electron chi connectivity index (χ4n) is 4.37. The summed E-state index contributed by atoms with van der Waals surface area (Å²) >= 11 is 12.0. The van der Waals surface area contributed by atoms with Crippen molar-refractivity contribution in [1.82, 2.24) is 0 Å². The number of benzene rings is 2. The zero-order valence-electron chi connectivity index (χ0n) is 26.1. The number of aromatic hydroxyl groups is 2. The van der Waals surface area contributed by atoms with Crippen molar-refractivity contribution < 1.29 is 46.1 Å². The van der Waals surface area contributed by atoms with E-state index >= 15 is 0 Å². The van der Waals surface area contributed by atoms with E-state index in [1.807, 2.05) is 0 Å². The second-order valence-corrected chi connectivity index (χ2v) is 18.6. The number of nitrogens with two attached hydrogens (primary N) is 1. The third-order valence-electron chi connectivity index (χ3n) is 8.00. The Morgan fingerprint density at radius 1 is 0.800 bits per heavy atom. The molecule has 0 saturated carbocycles. The van der Waals surface area contributed by atoms with Crippen molar-refractivity contribution in [2.45, 2.75) is 73.4 Å². The summed E-state index contributed by atoms with van der Waals surface area (Å²) in [6.07, 6.45) is -0.815. The molecule has 252 valence electrons. The molecule has 2 saturated heterocycles. The van der Waals surface area contributed by atoms with Crippen LogP contribution in [0.1, 0.15) is 48.5 Å². The minimum absolute atomic E-state index is 0.0105. The Bertz CT molecular complexity index is 1660. The Morgan fingerprint density at radius 2 is 1.20 bits per heavy atom. The molecule has 0 aliphatic carbocycles. The fraction of sp³-hybridized carbons (Fsp3) is 0.552. The molecule has 45 heavy (non-hydrogen) atoms. The predicted octanol–water partition coefficient (Wildman–Crippen LogP) is 5.42. The molecule has 0 aromatic heterocycles. The number of halogens is 2. The van der Waals surface area contributed by atoms with Crippen molar-refractivity contribution in [3.05, 3.63) is 34.3 Å². The second-order valence-electron chi connectivity index (χ2n) is 12.9. The van der Waals surface area contributed by atoms with Crippen LogP contribution in [0.25, 0.3) is 0 Å². The third kappa shape index (κ3) is 7.25. The van der Waals surface area contributed by atoms with Crippen LogP contribution in [0.2, 0.25) is 10.0 Å². The summed E-state index contributed by atoms with van der Waals surface area (Å²) in [6, 6.07) is 5.38. The normalized spacial score (nSPS) is 16.6. The minimum Gasteiger partial charge on any atom is -0.504 e. The van der Waals surface area contributed by atoms with E-state index in [1.54, 1.807) is 48.5 Å². The second kappa shape index (κ2) is 13.0. The van der Waals surface area contributed by atoms with E-state index in [-0.39, 0.29) is 38.2 Å². The monoisotopic (exact) mass is 710 g/mol. The summed E-state index contributed by atoms with van der Waals surface area (Å²) in [5, 5.41) is 22.7. The molecule has 2 aliphatic rings. The molecule has 4 rings (SSSR count). The number of hydrogen-bond donors (Lipinski definition) is 4. The molecular formula is C29H40Cl2N2O10S2. The average Bonchev–Trinajstić information content (AvgIpc) is 2.79. The van der Waals surface area contributed by atoms with E-state index in [0.717, 1.165) is 0 Å². The van der Waals surface area contributed by atoms with Gasteiger partial charge in [0, 0.05) is 11.8 Å². The summed E-state index contributed by atoms with van der Waals surface area (Å²) < 4.78 is 64.8. The molecule has 2 fully saturated rings. The molecule has 2 aromatic carbocycles. The maximum absolute atomic E-state index is 13.2. The number of rotatable bonds is 7. The molecule has 1 amide bonds. The molecular weight excluding hydrogens is 671 g/mol. The number of phenols is 2. The number of nitrogens with one attached hydrogen (secondary N) is 1. The van der Waals surface area contributed by atoms with Crippen LogP contribution in [0.15, 0.2) is 34.1 Å². The van der Waals surface area contributed by atoms with Gasteiger partial charge in [0.05, 0.1) is 57.3 Å². The van der Waals surface area contributed by atoms with E-state index < -0.39 is 57.3 Å². The molecule has 0 spiro atoms. The third-order valence-corrected chi connectivity index (χ3v) is 14.2. The average molecular weight is 712 g/mol. The molecule has 0 atom stereocenters. The first-order chi connectivity index (χ1) is 20.5. The minimum atomic E-state index is -4.01. The lowest BCUT2D eigenvalue weighted by Gasteiger charge is -2.39. The van der Waals surface area contributed by atoms with E-state index in [2.05, 4.69) is 5.32 Å². The number of ether oxygens (including phenoxy) is 3. The quantitative estimate of drug-likeness (QED) is 0.212. The lowest BCUT2D eigenvalue weighted by Crippen LogP contribution is -2.49. The lowest BCUT2D eigenvalue weighted by atomic mass is 9.93. The first kappa shape index (κ1) is 37.0. The van der Waals surface area contributed by atoms with E-state index in [9.17, 15) is 31.8 Å². The smallest absolute Gasteiger partial charge is 0.412 e. The van der Waals surface area contributed by atoms with Crippen molar-refractivity contribution in [2.24, 2.45) is 11.8 Å². The molecule has 2 aromatic rings. The highest BCUT2D eigenvalue weighted by molar-refractivity contribution is 7.93. The number of sulfone groups is 2. The predicted molar refractivity (Wildman–Crippen MR) is 172 cm³/mol. The largest absolute Gasteiger partial charge is 0.504 e. The summed E-state index contributed by atoms with van der Waals surface area (Å²) in [5.41, 5.74) is 4.71. The SMILES string of the molecule is CC(C)(C)OC(=O)Nc1ccc(Cl)c(S(=O)(=O)C(C)(C)C2COC2)c1O.CC(C)(C1COC1)S(=O)(=O)c1c(Cl)ccc(N)c1O. The van der Waals surface area contributed by atoms with Gasteiger partial charge in [-0.1, -0.05) is 23.2 Å². The molecule has 0 unspecified atom stereocenters. The lowest BCUT2D eigenvalue weighted by molar-refractivity contribution is -0.0469. The maximum atomic E-state index is 13.2. The van der Waals surface area contributed by atoms with Crippen LogP contribution in [0.3, 0.4) is 0 Å². The van der Waals surface area contributed by atoms with Crippen LogP contribution in [-0.4, -0.2) is 74.7 Å². The van der Waals surface area contributed by atoms with Crippen LogP contribution in [0.5, 0.6) is 11.5 Å². The van der Waals surface area contributed by atoms with E-state index in [4.69, 9.17) is 43.1 Å². The standard InChI is InChI=1S/C17H24ClNO6S.C12H16ClNO4S/c1-16(2,3)25-15(21)19-12-7-6-11(18)14(13(12)20)26(22,23)17(4,5)10-8-24-9-10;1-12(2,7-5-18-6-7)19(16,17)11-8(13)3-4-9(14)10(11)15/h6-7,10,20H,8-9H2,1-5H3,(H,19,21);3-4,7,15H,5-6,14H2,1-2H3. The van der Waals surface area contributed by atoms with Crippen LogP contribution in [0, 0.1) is 11.8 Å². The number of anilines is 2. The Balaban J connectivity index is 0.000000257. The van der Waals surface area contributed by atoms with Gasteiger partial charge in [0.1, 0.15) is 15.4 Å². The molecule has 2 aliphatic heterocycles. The molecule has 2 heterocycles. The Morgan fingerprint density at radius 3 is 1.58 bits per heavy atom. The van der Waals surface area contributed by atoms with E-state index in [1.165, 1.54) is 24.3 Å². The van der Waals surface area contributed by atoms with Gasteiger partial charge in [-0.05, 0) is 72.7 Å². The van der Waals surface area contributed by atoms with Gasteiger partial charge in [-0.2, -0.15) is 0 Å². The highest BCUT2D eigenvalue weighted by Gasteiger charge is 2.49. The number of nitrogen functional groups attached to an aromatic ring is 1. The first-order valence-corrected chi connectivity index (χ1v) is 17.6. The van der Waals surface area contributed by atoms with E-state index in [0.29, 0.717) is 26.4 Å².